The second-order valence-corrected chi connectivity index (χ2v) is 4.28. The van der Waals surface area contributed by atoms with Gasteiger partial charge in [-0.1, -0.05) is 67.3 Å². The molecule has 1 nitrogen and oxygen atoms in total. The maximum Gasteiger partial charge on any atom is 0.121 e. The van der Waals surface area contributed by atoms with Gasteiger partial charge in [-0.3, -0.25) is 0 Å². The monoisotopic (exact) mass is 236 g/mol. The van der Waals surface area contributed by atoms with Crippen LogP contribution in [0.1, 0.15) is 24.0 Å². The van der Waals surface area contributed by atoms with Crippen LogP contribution in [0.3, 0.4) is 0 Å². The fourth-order valence-corrected chi connectivity index (χ4v) is 1.74. The Bertz CT molecular complexity index is 534. The van der Waals surface area contributed by atoms with E-state index in [0.717, 1.165) is 11.1 Å². The van der Waals surface area contributed by atoms with E-state index in [9.17, 15) is 5.11 Å². The predicted octanol–water partition coefficient (Wildman–Crippen LogP) is 3.20. The van der Waals surface area contributed by atoms with Gasteiger partial charge in [0, 0.05) is 11.5 Å². The lowest BCUT2D eigenvalue weighted by atomic mass is 9.95. The van der Waals surface area contributed by atoms with E-state index in [0.29, 0.717) is 0 Å². The van der Waals surface area contributed by atoms with Crippen LogP contribution >= 0.6 is 0 Å². The molecule has 0 bridgehead atoms. The van der Waals surface area contributed by atoms with E-state index in [-0.39, 0.29) is 5.92 Å². The summed E-state index contributed by atoms with van der Waals surface area (Å²) >= 11 is 0. The van der Waals surface area contributed by atoms with Crippen molar-refractivity contribution in [3.05, 3.63) is 71.8 Å². The Balaban J connectivity index is 2.09. The minimum atomic E-state index is -0.646. The summed E-state index contributed by atoms with van der Waals surface area (Å²) in [5, 5.41) is 10.1. The van der Waals surface area contributed by atoms with E-state index in [1.54, 1.807) is 0 Å². The molecule has 2 rings (SSSR count). The van der Waals surface area contributed by atoms with E-state index < -0.39 is 6.10 Å². The average molecular weight is 236 g/mol. The Morgan fingerprint density at radius 3 is 2.06 bits per heavy atom. The standard InChI is InChI=1S/C17H16O/c1-14(16-10-6-3-7-11-16)17(18)13-12-15-8-4-2-5-9-15/h2-11,14,17-18H,1H3/t14-,17-/m0/s1. The van der Waals surface area contributed by atoms with Gasteiger partial charge in [-0.2, -0.15) is 0 Å². The maximum absolute atomic E-state index is 10.1. The molecule has 2 atom stereocenters. The van der Waals surface area contributed by atoms with Crippen LogP contribution < -0.4 is 0 Å². The fourth-order valence-electron chi connectivity index (χ4n) is 1.74. The lowest BCUT2D eigenvalue weighted by molar-refractivity contribution is 0.206. The summed E-state index contributed by atoms with van der Waals surface area (Å²) in [6, 6.07) is 19.7. The van der Waals surface area contributed by atoms with E-state index in [2.05, 4.69) is 11.8 Å². The molecule has 0 aliphatic heterocycles. The summed E-state index contributed by atoms with van der Waals surface area (Å²) in [4.78, 5) is 0. The van der Waals surface area contributed by atoms with Crippen LogP contribution in [-0.4, -0.2) is 11.2 Å². The highest BCUT2D eigenvalue weighted by atomic mass is 16.3. The number of aliphatic hydroxyl groups is 1. The smallest absolute Gasteiger partial charge is 0.121 e. The van der Waals surface area contributed by atoms with Gasteiger partial charge in [-0.25, -0.2) is 0 Å². The molecule has 0 unspecified atom stereocenters. The molecule has 18 heavy (non-hydrogen) atoms. The van der Waals surface area contributed by atoms with Crippen molar-refractivity contribution in [2.45, 2.75) is 18.9 Å². The van der Waals surface area contributed by atoms with Crippen LogP contribution in [0.4, 0.5) is 0 Å². The summed E-state index contributed by atoms with van der Waals surface area (Å²) < 4.78 is 0. The molecule has 0 radical (unpaired) electrons. The van der Waals surface area contributed by atoms with Crippen molar-refractivity contribution in [1.29, 1.82) is 0 Å². The minimum Gasteiger partial charge on any atom is -0.380 e. The van der Waals surface area contributed by atoms with Gasteiger partial charge in [-0.05, 0) is 17.7 Å². The molecule has 0 amide bonds. The first-order valence-electron chi connectivity index (χ1n) is 6.07. The zero-order chi connectivity index (χ0) is 12.8. The van der Waals surface area contributed by atoms with Gasteiger partial charge in [-0.15, -0.1) is 0 Å². The van der Waals surface area contributed by atoms with E-state index in [1.807, 2.05) is 67.6 Å². The van der Waals surface area contributed by atoms with Crippen LogP contribution in [0.25, 0.3) is 0 Å². The van der Waals surface area contributed by atoms with Crippen LogP contribution in [-0.2, 0) is 0 Å². The highest BCUT2D eigenvalue weighted by Gasteiger charge is 2.12. The van der Waals surface area contributed by atoms with Crippen molar-refractivity contribution in [3.8, 4) is 11.8 Å². The van der Waals surface area contributed by atoms with Crippen molar-refractivity contribution in [2.75, 3.05) is 0 Å². The second kappa shape index (κ2) is 6.05. The van der Waals surface area contributed by atoms with Crippen molar-refractivity contribution >= 4 is 0 Å². The molecule has 0 fully saturated rings. The molecule has 2 aromatic carbocycles. The average Bonchev–Trinajstić information content (AvgIpc) is 2.46. The Kier molecular flexibility index (Phi) is 4.17. The molecule has 1 heteroatoms. The molecule has 0 saturated heterocycles. The van der Waals surface area contributed by atoms with Gasteiger partial charge in [0.2, 0.25) is 0 Å². The Hall–Kier alpha value is -2.04. The van der Waals surface area contributed by atoms with Gasteiger partial charge in [0.1, 0.15) is 6.10 Å². The fraction of sp³-hybridized carbons (Fsp3) is 0.176. The zero-order valence-electron chi connectivity index (χ0n) is 10.4. The minimum absolute atomic E-state index is 0.0161. The summed E-state index contributed by atoms with van der Waals surface area (Å²) in [6.07, 6.45) is -0.646. The first-order chi connectivity index (χ1) is 8.77. The molecule has 1 N–H and O–H groups in total. The first-order valence-corrected chi connectivity index (χ1v) is 6.07. The van der Waals surface area contributed by atoms with Crippen LogP contribution in [0.2, 0.25) is 0 Å². The van der Waals surface area contributed by atoms with E-state index >= 15 is 0 Å². The third-order valence-electron chi connectivity index (χ3n) is 2.94. The van der Waals surface area contributed by atoms with Gasteiger partial charge in [0.05, 0.1) is 0 Å². The van der Waals surface area contributed by atoms with Crippen molar-refractivity contribution in [1.82, 2.24) is 0 Å². The van der Waals surface area contributed by atoms with Gasteiger partial charge < -0.3 is 5.11 Å². The SMILES string of the molecule is C[C@@H](c1ccccc1)[C@@H](O)C#Cc1ccccc1. The number of benzene rings is 2. The normalized spacial score (nSPS) is 13.2. The summed E-state index contributed by atoms with van der Waals surface area (Å²) in [5.74, 6) is 5.91. The van der Waals surface area contributed by atoms with Crippen LogP contribution in [0.5, 0.6) is 0 Å². The van der Waals surface area contributed by atoms with Crippen LogP contribution in [0, 0.1) is 11.8 Å². The maximum atomic E-state index is 10.1. The van der Waals surface area contributed by atoms with Crippen molar-refractivity contribution < 1.29 is 5.11 Å². The van der Waals surface area contributed by atoms with Gasteiger partial charge >= 0.3 is 0 Å². The third kappa shape index (κ3) is 3.23. The zero-order valence-corrected chi connectivity index (χ0v) is 10.4. The molecule has 0 heterocycles. The second-order valence-electron chi connectivity index (χ2n) is 4.28. The quantitative estimate of drug-likeness (QED) is 0.794. The summed E-state index contributed by atoms with van der Waals surface area (Å²) in [5.41, 5.74) is 2.03. The largest absolute Gasteiger partial charge is 0.380 e. The van der Waals surface area contributed by atoms with Crippen molar-refractivity contribution in [3.63, 3.8) is 0 Å². The Morgan fingerprint density at radius 2 is 1.44 bits per heavy atom. The number of rotatable bonds is 2. The molecular formula is C17H16O. The molecule has 0 saturated carbocycles. The molecule has 0 aromatic heterocycles. The highest BCUT2D eigenvalue weighted by Crippen LogP contribution is 2.18. The highest BCUT2D eigenvalue weighted by molar-refractivity contribution is 5.35. The summed E-state index contributed by atoms with van der Waals surface area (Å²) in [7, 11) is 0. The Morgan fingerprint density at radius 1 is 0.889 bits per heavy atom. The predicted molar refractivity (Wildman–Crippen MR) is 74.2 cm³/mol. The lowest BCUT2D eigenvalue weighted by Gasteiger charge is -2.13. The molecular weight excluding hydrogens is 220 g/mol. The molecule has 0 aliphatic rings. The molecule has 0 aliphatic carbocycles. The number of hydrogen-bond acceptors (Lipinski definition) is 1. The summed E-state index contributed by atoms with van der Waals surface area (Å²) in [6.45, 7) is 1.99. The molecule has 90 valence electrons. The van der Waals surface area contributed by atoms with E-state index in [4.69, 9.17) is 0 Å². The molecule has 2 aromatic rings. The first kappa shape index (κ1) is 12.4. The number of aliphatic hydroxyl groups excluding tert-OH is 1. The van der Waals surface area contributed by atoms with Gasteiger partial charge in [0.15, 0.2) is 0 Å². The van der Waals surface area contributed by atoms with Crippen LogP contribution in [0.15, 0.2) is 60.7 Å². The molecule has 0 spiro atoms. The van der Waals surface area contributed by atoms with Gasteiger partial charge in [0.25, 0.3) is 0 Å². The topological polar surface area (TPSA) is 20.2 Å². The van der Waals surface area contributed by atoms with E-state index in [1.165, 1.54) is 0 Å². The third-order valence-corrected chi connectivity index (χ3v) is 2.94. The number of hydrogen-bond donors (Lipinski definition) is 1. The van der Waals surface area contributed by atoms with Crippen molar-refractivity contribution in [2.24, 2.45) is 0 Å². The lowest BCUT2D eigenvalue weighted by Crippen LogP contribution is -2.13. The Labute approximate surface area is 108 Å².